The summed E-state index contributed by atoms with van der Waals surface area (Å²) in [6.07, 6.45) is 5.86. The molecule has 1 fully saturated rings. The lowest BCUT2D eigenvalue weighted by atomic mass is 9.91. The normalized spacial score (nSPS) is 17.4. The highest BCUT2D eigenvalue weighted by Crippen LogP contribution is 2.26. The van der Waals surface area contributed by atoms with Crippen LogP contribution in [0.25, 0.3) is 0 Å². The van der Waals surface area contributed by atoms with E-state index in [0.29, 0.717) is 4.99 Å². The van der Waals surface area contributed by atoms with Crippen LogP contribution in [0.5, 0.6) is 0 Å². The van der Waals surface area contributed by atoms with Crippen LogP contribution in [0.1, 0.15) is 52.4 Å². The molecule has 1 rings (SSSR count). The molecule has 1 amide bonds. The maximum atomic E-state index is 12.1. The van der Waals surface area contributed by atoms with Crippen LogP contribution in [0.4, 0.5) is 0 Å². The van der Waals surface area contributed by atoms with Gasteiger partial charge in [0, 0.05) is 5.92 Å². The zero-order chi connectivity index (χ0) is 12.2. The van der Waals surface area contributed by atoms with Gasteiger partial charge in [0.25, 0.3) is 0 Å². The Morgan fingerprint density at radius 1 is 1.38 bits per heavy atom. The zero-order valence-corrected chi connectivity index (χ0v) is 11.0. The van der Waals surface area contributed by atoms with E-state index in [1.54, 1.807) is 0 Å². The fraction of sp³-hybridized carbons (Fsp3) is 0.833. The maximum absolute atomic E-state index is 12.1. The fourth-order valence-corrected chi connectivity index (χ4v) is 2.70. The zero-order valence-electron chi connectivity index (χ0n) is 10.2. The minimum atomic E-state index is -0.477. The van der Waals surface area contributed by atoms with Crippen LogP contribution in [-0.2, 0) is 4.79 Å². The second-order valence-electron chi connectivity index (χ2n) is 4.62. The number of rotatable bonds is 5. The van der Waals surface area contributed by atoms with Gasteiger partial charge in [-0.2, -0.15) is 0 Å². The highest BCUT2D eigenvalue weighted by molar-refractivity contribution is 7.80. The van der Waals surface area contributed by atoms with E-state index in [2.05, 4.69) is 5.32 Å². The fourth-order valence-electron chi connectivity index (χ4n) is 2.36. The molecule has 0 saturated heterocycles. The van der Waals surface area contributed by atoms with Crippen LogP contribution in [0, 0.1) is 5.92 Å². The van der Waals surface area contributed by atoms with E-state index in [9.17, 15) is 4.79 Å². The molecule has 0 radical (unpaired) electrons. The Kier molecular flexibility index (Phi) is 4.71. The summed E-state index contributed by atoms with van der Waals surface area (Å²) < 4.78 is 0. The van der Waals surface area contributed by atoms with Gasteiger partial charge in [-0.15, -0.1) is 0 Å². The van der Waals surface area contributed by atoms with Gasteiger partial charge in [-0.3, -0.25) is 4.79 Å². The number of nitrogens with one attached hydrogen (secondary N) is 1. The maximum Gasteiger partial charge on any atom is 0.223 e. The third-order valence-corrected chi connectivity index (χ3v) is 4.16. The lowest BCUT2D eigenvalue weighted by Crippen LogP contribution is -2.57. The predicted molar refractivity (Wildman–Crippen MR) is 70.2 cm³/mol. The monoisotopic (exact) mass is 242 g/mol. The summed E-state index contributed by atoms with van der Waals surface area (Å²) in [7, 11) is 0. The van der Waals surface area contributed by atoms with E-state index in [4.69, 9.17) is 18.0 Å². The van der Waals surface area contributed by atoms with E-state index in [0.717, 1.165) is 38.5 Å². The van der Waals surface area contributed by atoms with Gasteiger partial charge in [0.05, 0.1) is 10.5 Å². The van der Waals surface area contributed by atoms with Crippen LogP contribution in [0.3, 0.4) is 0 Å². The number of thiocarbonyl (C=S) groups is 1. The molecule has 0 atom stereocenters. The summed E-state index contributed by atoms with van der Waals surface area (Å²) in [6, 6.07) is 0. The van der Waals surface area contributed by atoms with Crippen LogP contribution in [0.2, 0.25) is 0 Å². The number of hydrogen-bond acceptors (Lipinski definition) is 2. The SMILES string of the molecule is CCC(CC)(NC(=O)C1CCCC1)C(N)=S. The molecule has 3 N–H and O–H groups in total. The Bertz CT molecular complexity index is 268. The molecular formula is C12H22N2OS. The Morgan fingerprint density at radius 2 is 1.88 bits per heavy atom. The van der Waals surface area contributed by atoms with E-state index in [1.165, 1.54) is 0 Å². The first kappa shape index (κ1) is 13.4. The predicted octanol–water partition coefficient (Wildman–Crippen LogP) is 2.14. The molecule has 0 bridgehead atoms. The molecule has 0 unspecified atom stereocenters. The molecule has 92 valence electrons. The summed E-state index contributed by atoms with van der Waals surface area (Å²) in [5.41, 5.74) is 5.28. The number of amides is 1. The smallest absolute Gasteiger partial charge is 0.223 e. The largest absolute Gasteiger partial charge is 0.391 e. The van der Waals surface area contributed by atoms with Crippen molar-refractivity contribution in [3.63, 3.8) is 0 Å². The quantitative estimate of drug-likeness (QED) is 0.726. The second kappa shape index (κ2) is 5.62. The van der Waals surface area contributed by atoms with Crippen LogP contribution >= 0.6 is 12.2 Å². The summed E-state index contributed by atoms with van der Waals surface area (Å²) in [4.78, 5) is 12.5. The molecule has 1 aliphatic carbocycles. The molecule has 1 aliphatic rings. The molecule has 0 heterocycles. The van der Waals surface area contributed by atoms with Crippen molar-refractivity contribution in [3.05, 3.63) is 0 Å². The number of hydrogen-bond donors (Lipinski definition) is 2. The molecular weight excluding hydrogens is 220 g/mol. The lowest BCUT2D eigenvalue weighted by molar-refractivity contribution is -0.126. The Labute approximate surface area is 103 Å². The van der Waals surface area contributed by atoms with Gasteiger partial charge in [-0.25, -0.2) is 0 Å². The topological polar surface area (TPSA) is 55.1 Å². The van der Waals surface area contributed by atoms with Gasteiger partial charge in [0.2, 0.25) is 5.91 Å². The van der Waals surface area contributed by atoms with Crippen molar-refractivity contribution in [2.45, 2.75) is 57.9 Å². The van der Waals surface area contributed by atoms with Crippen molar-refractivity contribution in [1.29, 1.82) is 0 Å². The minimum Gasteiger partial charge on any atom is -0.391 e. The third-order valence-electron chi connectivity index (χ3n) is 3.77. The summed E-state index contributed by atoms with van der Waals surface area (Å²) >= 11 is 5.08. The minimum absolute atomic E-state index is 0.133. The van der Waals surface area contributed by atoms with Gasteiger partial charge in [0.15, 0.2) is 0 Å². The summed E-state index contributed by atoms with van der Waals surface area (Å²) in [5.74, 6) is 0.306. The average Bonchev–Trinajstić information content (AvgIpc) is 2.78. The lowest BCUT2D eigenvalue weighted by Gasteiger charge is -2.32. The van der Waals surface area contributed by atoms with Crippen molar-refractivity contribution in [1.82, 2.24) is 5.32 Å². The molecule has 0 spiro atoms. The molecule has 3 nitrogen and oxygen atoms in total. The van der Waals surface area contributed by atoms with Crippen molar-refractivity contribution < 1.29 is 4.79 Å². The molecule has 16 heavy (non-hydrogen) atoms. The first-order valence-corrected chi connectivity index (χ1v) is 6.58. The molecule has 1 saturated carbocycles. The average molecular weight is 242 g/mol. The summed E-state index contributed by atoms with van der Waals surface area (Å²) in [5, 5.41) is 3.07. The Hall–Kier alpha value is -0.640. The van der Waals surface area contributed by atoms with Crippen molar-refractivity contribution >= 4 is 23.1 Å². The van der Waals surface area contributed by atoms with E-state index < -0.39 is 5.54 Å². The number of nitrogens with two attached hydrogens (primary N) is 1. The highest BCUT2D eigenvalue weighted by Gasteiger charge is 2.34. The third kappa shape index (κ3) is 2.73. The van der Waals surface area contributed by atoms with Gasteiger partial charge >= 0.3 is 0 Å². The van der Waals surface area contributed by atoms with Crippen LogP contribution < -0.4 is 11.1 Å². The van der Waals surface area contributed by atoms with E-state index >= 15 is 0 Å². The van der Waals surface area contributed by atoms with Gasteiger partial charge in [-0.05, 0) is 25.7 Å². The van der Waals surface area contributed by atoms with Gasteiger partial charge in [-0.1, -0.05) is 38.9 Å². The van der Waals surface area contributed by atoms with E-state index in [-0.39, 0.29) is 11.8 Å². The summed E-state index contributed by atoms with van der Waals surface area (Å²) in [6.45, 7) is 4.02. The van der Waals surface area contributed by atoms with Crippen molar-refractivity contribution in [2.24, 2.45) is 11.7 Å². The second-order valence-corrected chi connectivity index (χ2v) is 5.06. The molecule has 4 heteroatoms. The van der Waals surface area contributed by atoms with Gasteiger partial charge in [0.1, 0.15) is 0 Å². The molecule has 0 aliphatic heterocycles. The van der Waals surface area contributed by atoms with Gasteiger partial charge < -0.3 is 11.1 Å². The first-order chi connectivity index (χ1) is 7.55. The van der Waals surface area contributed by atoms with Crippen LogP contribution in [-0.4, -0.2) is 16.4 Å². The van der Waals surface area contributed by atoms with Crippen molar-refractivity contribution in [3.8, 4) is 0 Å². The number of carbonyl (C=O) groups is 1. The Morgan fingerprint density at radius 3 is 2.25 bits per heavy atom. The van der Waals surface area contributed by atoms with Crippen LogP contribution in [0.15, 0.2) is 0 Å². The Balaban J connectivity index is 2.67. The van der Waals surface area contributed by atoms with E-state index in [1.807, 2.05) is 13.8 Å². The molecule has 0 aromatic heterocycles. The number of carbonyl (C=O) groups excluding carboxylic acids is 1. The molecule has 0 aromatic carbocycles. The first-order valence-electron chi connectivity index (χ1n) is 6.17. The highest BCUT2D eigenvalue weighted by atomic mass is 32.1. The molecule has 0 aromatic rings. The standard InChI is InChI=1S/C12H22N2OS/c1-3-12(4-2,11(13)16)14-10(15)9-7-5-6-8-9/h9H,3-8H2,1-2H3,(H2,13,16)(H,14,15). The van der Waals surface area contributed by atoms with Crippen molar-refractivity contribution in [2.75, 3.05) is 0 Å².